The molecule has 0 aromatic carbocycles. The van der Waals surface area contributed by atoms with Gasteiger partial charge in [-0.25, -0.2) is 0 Å². The Morgan fingerprint density at radius 2 is 0.824 bits per heavy atom. The van der Waals surface area contributed by atoms with Gasteiger partial charge in [-0.05, 0) is 0 Å². The van der Waals surface area contributed by atoms with E-state index in [0.29, 0.717) is 0 Å². The summed E-state index contributed by atoms with van der Waals surface area (Å²) in [5.74, 6) is 0. The molecule has 0 radical (unpaired) electrons. The van der Waals surface area contributed by atoms with Crippen LogP contribution in [0.5, 0.6) is 0 Å². The molecule has 1 heteroatoms. The average Bonchev–Trinajstić information content (AvgIpc) is 2.31. The van der Waals surface area contributed by atoms with Crippen LogP contribution in [0.2, 0.25) is 0 Å². The molecule has 17 heavy (non-hydrogen) atoms. The van der Waals surface area contributed by atoms with Gasteiger partial charge in [-0.3, -0.25) is 0 Å². The van der Waals surface area contributed by atoms with Crippen LogP contribution in [-0.4, -0.2) is 0 Å². The Balaban J connectivity index is -0.000000218. The quantitative estimate of drug-likeness (QED) is 0.249. The van der Waals surface area contributed by atoms with Gasteiger partial charge in [0.05, 0.1) is 0 Å². The molecule has 0 aliphatic carbocycles. The number of rotatable bonds is 10. The van der Waals surface area contributed by atoms with E-state index in [2.05, 4.69) is 27.7 Å². The fraction of sp³-hybridized carbons (Fsp3) is 0.875. The monoisotopic (exact) mass is 290 g/mol. The SMILES string of the molecule is [CH2-]CCCCCCC.[CH2-]CCCCCCC.[Zn+2]. The number of hydrogen-bond acceptors (Lipinski definition) is 0. The molecule has 0 aliphatic heterocycles. The molecule has 0 saturated heterocycles. The molecule has 0 aromatic rings. The predicted molar refractivity (Wildman–Crippen MR) is 77.5 cm³/mol. The van der Waals surface area contributed by atoms with Crippen LogP contribution in [0.15, 0.2) is 0 Å². The summed E-state index contributed by atoms with van der Waals surface area (Å²) < 4.78 is 0. The Morgan fingerprint density at radius 1 is 0.529 bits per heavy atom. The second-order valence-corrected chi connectivity index (χ2v) is 4.54. The molecule has 0 fully saturated rings. The van der Waals surface area contributed by atoms with Crippen LogP contribution in [0.1, 0.15) is 90.9 Å². The Morgan fingerprint density at radius 3 is 1.06 bits per heavy atom. The van der Waals surface area contributed by atoms with Crippen molar-refractivity contribution >= 4 is 0 Å². The first kappa shape index (κ1) is 22.8. The van der Waals surface area contributed by atoms with Crippen LogP contribution < -0.4 is 0 Å². The molecule has 0 rings (SSSR count). The summed E-state index contributed by atoms with van der Waals surface area (Å²) in [6.45, 7) is 12.0. The Hall–Kier alpha value is 0.623. The number of unbranched alkanes of at least 4 members (excludes halogenated alkanes) is 10. The van der Waals surface area contributed by atoms with E-state index in [9.17, 15) is 0 Å². The topological polar surface area (TPSA) is 0 Å². The molecule has 0 nitrogen and oxygen atoms in total. The summed E-state index contributed by atoms with van der Waals surface area (Å²) in [5, 5.41) is 0. The maximum atomic E-state index is 3.78. The van der Waals surface area contributed by atoms with E-state index < -0.39 is 0 Å². The van der Waals surface area contributed by atoms with Crippen molar-refractivity contribution in [1.29, 1.82) is 0 Å². The van der Waals surface area contributed by atoms with E-state index >= 15 is 0 Å². The first-order valence-electron chi connectivity index (χ1n) is 7.41. The first-order valence-corrected chi connectivity index (χ1v) is 7.41. The van der Waals surface area contributed by atoms with E-state index in [1.165, 1.54) is 64.2 Å². The van der Waals surface area contributed by atoms with E-state index in [-0.39, 0.29) is 19.5 Å². The van der Waals surface area contributed by atoms with E-state index in [4.69, 9.17) is 0 Å². The molecular weight excluding hydrogens is 258 g/mol. The molecule has 0 aliphatic rings. The van der Waals surface area contributed by atoms with Crippen LogP contribution in [0.3, 0.4) is 0 Å². The minimum absolute atomic E-state index is 0. The summed E-state index contributed by atoms with van der Waals surface area (Å²) in [6.07, 6.45) is 16.0. The smallest absolute Gasteiger partial charge is 0.343 e. The molecule has 0 heterocycles. The van der Waals surface area contributed by atoms with Gasteiger partial charge in [-0.15, -0.1) is 0 Å². The van der Waals surface area contributed by atoms with Crippen LogP contribution in [-0.2, 0) is 19.5 Å². The summed E-state index contributed by atoms with van der Waals surface area (Å²) in [7, 11) is 0. The first-order chi connectivity index (χ1) is 7.83. The Kier molecular flexibility index (Phi) is 34.1. The van der Waals surface area contributed by atoms with Gasteiger partial charge >= 0.3 is 19.5 Å². The molecule has 0 bridgehead atoms. The summed E-state index contributed by atoms with van der Waals surface area (Å²) >= 11 is 0. The largest absolute Gasteiger partial charge is 2.00 e. The van der Waals surface area contributed by atoms with Gasteiger partial charge in [0.2, 0.25) is 0 Å². The fourth-order valence-electron chi connectivity index (χ4n) is 1.56. The van der Waals surface area contributed by atoms with Gasteiger partial charge < -0.3 is 13.8 Å². The van der Waals surface area contributed by atoms with Gasteiger partial charge in [-0.1, -0.05) is 78.1 Å². The summed E-state index contributed by atoms with van der Waals surface area (Å²) in [5.41, 5.74) is 0. The maximum absolute atomic E-state index is 3.78. The third-order valence-electron chi connectivity index (χ3n) is 2.71. The molecule has 0 amide bonds. The van der Waals surface area contributed by atoms with Gasteiger partial charge in [0.15, 0.2) is 0 Å². The zero-order valence-electron chi connectivity index (χ0n) is 12.6. The van der Waals surface area contributed by atoms with Crippen molar-refractivity contribution in [3.8, 4) is 0 Å². The minimum atomic E-state index is 0. The Bertz CT molecular complexity index is 67.5. The molecular formula is C16H34Zn. The van der Waals surface area contributed by atoms with Crippen molar-refractivity contribution in [1.82, 2.24) is 0 Å². The van der Waals surface area contributed by atoms with E-state index in [0.717, 1.165) is 12.8 Å². The Labute approximate surface area is 124 Å². The van der Waals surface area contributed by atoms with Crippen LogP contribution in [0, 0.1) is 13.8 Å². The van der Waals surface area contributed by atoms with Crippen LogP contribution in [0.4, 0.5) is 0 Å². The molecule has 100 valence electrons. The van der Waals surface area contributed by atoms with Gasteiger partial charge in [-0.2, -0.15) is 12.8 Å². The van der Waals surface area contributed by atoms with Crippen molar-refractivity contribution in [2.45, 2.75) is 90.9 Å². The maximum Gasteiger partial charge on any atom is 2.00 e. The van der Waals surface area contributed by atoms with Gasteiger partial charge in [0, 0.05) is 0 Å². The van der Waals surface area contributed by atoms with Crippen molar-refractivity contribution in [3.05, 3.63) is 13.8 Å². The third kappa shape index (κ3) is 31.5. The van der Waals surface area contributed by atoms with Crippen LogP contribution >= 0.6 is 0 Å². The second kappa shape index (κ2) is 25.5. The molecule has 0 saturated carbocycles. The standard InChI is InChI=1S/2C8H17.Zn/c2*1-3-5-7-8-6-4-2;/h2*1,3-8H2,2H3;/q2*-1;+2. The van der Waals surface area contributed by atoms with Crippen LogP contribution in [0.25, 0.3) is 0 Å². The normalized spacial score (nSPS) is 9.18. The summed E-state index contributed by atoms with van der Waals surface area (Å²) in [4.78, 5) is 0. The van der Waals surface area contributed by atoms with Crippen molar-refractivity contribution in [2.24, 2.45) is 0 Å². The molecule has 0 aromatic heterocycles. The van der Waals surface area contributed by atoms with Crippen molar-refractivity contribution < 1.29 is 19.5 Å². The molecule has 0 atom stereocenters. The summed E-state index contributed by atoms with van der Waals surface area (Å²) in [6, 6.07) is 0. The zero-order chi connectivity index (χ0) is 12.5. The zero-order valence-corrected chi connectivity index (χ0v) is 15.6. The fourth-order valence-corrected chi connectivity index (χ4v) is 1.56. The van der Waals surface area contributed by atoms with Crippen molar-refractivity contribution in [2.75, 3.05) is 0 Å². The van der Waals surface area contributed by atoms with Crippen molar-refractivity contribution in [3.63, 3.8) is 0 Å². The number of hydrogen-bond donors (Lipinski definition) is 0. The van der Waals surface area contributed by atoms with Gasteiger partial charge in [0.25, 0.3) is 0 Å². The average molecular weight is 292 g/mol. The van der Waals surface area contributed by atoms with Gasteiger partial charge in [0.1, 0.15) is 0 Å². The van der Waals surface area contributed by atoms with E-state index in [1.54, 1.807) is 0 Å². The molecule has 0 N–H and O–H groups in total. The third-order valence-corrected chi connectivity index (χ3v) is 2.71. The molecule has 0 unspecified atom stereocenters. The predicted octanol–water partition coefficient (Wildman–Crippen LogP) is 6.36. The molecule has 0 spiro atoms. The second-order valence-electron chi connectivity index (χ2n) is 4.54. The minimum Gasteiger partial charge on any atom is -0.343 e. The van der Waals surface area contributed by atoms with E-state index in [1.807, 2.05) is 0 Å².